The van der Waals surface area contributed by atoms with Crippen LogP contribution < -0.4 is 14.4 Å². The van der Waals surface area contributed by atoms with Crippen LogP contribution >= 0.6 is 0 Å². The lowest BCUT2D eigenvalue weighted by atomic mass is 10.2. The molecule has 0 saturated heterocycles. The second-order valence-corrected chi connectivity index (χ2v) is 5.06. The number of carbonyl (C=O) groups excluding carboxylic acids is 1. The highest BCUT2D eigenvalue weighted by atomic mass is 16.5. The summed E-state index contributed by atoms with van der Waals surface area (Å²) in [5.74, 6) is 1.10. The van der Waals surface area contributed by atoms with Crippen LogP contribution in [-0.2, 0) is 0 Å². The number of nitrogens with zero attached hydrogens (tertiary/aromatic N) is 2. The summed E-state index contributed by atoms with van der Waals surface area (Å²) < 4.78 is 10.2. The highest BCUT2D eigenvalue weighted by molar-refractivity contribution is 6.07. The van der Waals surface area contributed by atoms with Crippen LogP contribution in [0.2, 0.25) is 0 Å². The van der Waals surface area contributed by atoms with Crippen molar-refractivity contribution in [2.24, 2.45) is 0 Å². The Hall–Kier alpha value is -3.02. The zero-order valence-electron chi connectivity index (χ0n) is 13.2. The lowest BCUT2D eigenvalue weighted by Gasteiger charge is -2.16. The van der Waals surface area contributed by atoms with Crippen molar-refractivity contribution in [3.05, 3.63) is 48.3 Å². The minimum atomic E-state index is -0.146. The first kappa shape index (κ1) is 14.9. The molecule has 0 aliphatic heterocycles. The molecule has 3 aromatic rings. The van der Waals surface area contributed by atoms with Crippen LogP contribution in [0.3, 0.4) is 0 Å². The van der Waals surface area contributed by atoms with Gasteiger partial charge in [-0.15, -0.1) is 0 Å². The first-order valence-electron chi connectivity index (χ1n) is 7.07. The van der Waals surface area contributed by atoms with Crippen molar-refractivity contribution < 1.29 is 14.3 Å². The second kappa shape index (κ2) is 6.00. The molecule has 0 radical (unpaired) electrons. The van der Waals surface area contributed by atoms with Crippen molar-refractivity contribution in [2.75, 3.05) is 26.2 Å². The zero-order chi connectivity index (χ0) is 16.4. The molecular weight excluding hydrogens is 294 g/mol. The first-order chi connectivity index (χ1) is 11.1. The average Bonchev–Trinajstić information content (AvgIpc) is 3.03. The SMILES string of the molecule is COc1ccc2cc(C(=O)N(C)c3ccc(OC)nc3)[nH]c2c1. The number of hydrogen-bond acceptors (Lipinski definition) is 4. The molecule has 118 valence electrons. The minimum Gasteiger partial charge on any atom is -0.497 e. The molecule has 2 heterocycles. The molecule has 2 aromatic heterocycles. The van der Waals surface area contributed by atoms with Crippen molar-refractivity contribution in [1.29, 1.82) is 0 Å². The molecule has 0 fully saturated rings. The van der Waals surface area contributed by atoms with Gasteiger partial charge in [0, 0.05) is 30.1 Å². The van der Waals surface area contributed by atoms with Crippen molar-refractivity contribution in [3.63, 3.8) is 0 Å². The predicted octanol–water partition coefficient (Wildman–Crippen LogP) is 2.86. The van der Waals surface area contributed by atoms with Gasteiger partial charge in [0.05, 0.1) is 26.1 Å². The number of amides is 1. The maximum absolute atomic E-state index is 12.6. The van der Waals surface area contributed by atoms with Gasteiger partial charge in [0.15, 0.2) is 0 Å². The summed E-state index contributed by atoms with van der Waals surface area (Å²) in [4.78, 5) is 21.4. The minimum absolute atomic E-state index is 0.146. The molecule has 0 unspecified atom stereocenters. The molecule has 3 rings (SSSR count). The van der Waals surface area contributed by atoms with Crippen molar-refractivity contribution in [1.82, 2.24) is 9.97 Å². The number of benzene rings is 1. The Labute approximate surface area is 133 Å². The van der Waals surface area contributed by atoms with Crippen molar-refractivity contribution in [3.8, 4) is 11.6 Å². The Morgan fingerprint density at radius 3 is 2.61 bits per heavy atom. The monoisotopic (exact) mass is 311 g/mol. The molecule has 0 aliphatic rings. The van der Waals surface area contributed by atoms with Gasteiger partial charge in [-0.3, -0.25) is 4.79 Å². The standard InChI is InChI=1S/C17H17N3O3/c1-20(12-5-7-16(23-3)18-10-12)17(21)15-8-11-4-6-13(22-2)9-14(11)19-15/h4-10,19H,1-3H3. The summed E-state index contributed by atoms with van der Waals surface area (Å²) in [5.41, 5.74) is 2.05. The maximum Gasteiger partial charge on any atom is 0.274 e. The van der Waals surface area contributed by atoms with Crippen LogP contribution in [0.1, 0.15) is 10.5 Å². The molecule has 6 heteroatoms. The van der Waals surface area contributed by atoms with E-state index >= 15 is 0 Å². The summed E-state index contributed by atoms with van der Waals surface area (Å²) in [5, 5.41) is 0.954. The Balaban J connectivity index is 1.89. The third-order valence-electron chi connectivity index (χ3n) is 3.68. The van der Waals surface area contributed by atoms with Gasteiger partial charge in [0.2, 0.25) is 5.88 Å². The van der Waals surface area contributed by atoms with E-state index in [-0.39, 0.29) is 5.91 Å². The lowest BCUT2D eigenvalue weighted by molar-refractivity contribution is 0.0989. The van der Waals surface area contributed by atoms with E-state index < -0.39 is 0 Å². The van der Waals surface area contributed by atoms with E-state index in [4.69, 9.17) is 9.47 Å². The van der Waals surface area contributed by atoms with Crippen LogP contribution in [0.25, 0.3) is 10.9 Å². The number of anilines is 1. The van der Waals surface area contributed by atoms with E-state index in [1.54, 1.807) is 39.6 Å². The number of nitrogens with one attached hydrogen (secondary N) is 1. The van der Waals surface area contributed by atoms with Crippen molar-refractivity contribution >= 4 is 22.5 Å². The number of pyridine rings is 1. The molecule has 0 spiro atoms. The van der Waals surface area contributed by atoms with E-state index in [1.165, 1.54) is 4.90 Å². The van der Waals surface area contributed by atoms with Gasteiger partial charge in [-0.2, -0.15) is 0 Å². The van der Waals surface area contributed by atoms with E-state index in [0.29, 0.717) is 17.3 Å². The molecule has 0 saturated carbocycles. The summed E-state index contributed by atoms with van der Waals surface area (Å²) in [6.45, 7) is 0. The van der Waals surface area contributed by atoms with E-state index in [0.717, 1.165) is 16.7 Å². The molecule has 0 aliphatic carbocycles. The molecule has 1 aromatic carbocycles. The largest absolute Gasteiger partial charge is 0.497 e. The Kier molecular flexibility index (Phi) is 3.89. The molecule has 1 amide bonds. The summed E-state index contributed by atoms with van der Waals surface area (Å²) in [6, 6.07) is 11.0. The van der Waals surface area contributed by atoms with Crippen LogP contribution in [0.4, 0.5) is 5.69 Å². The molecule has 1 N–H and O–H groups in total. The summed E-state index contributed by atoms with van der Waals surface area (Å²) in [6.07, 6.45) is 1.60. The number of H-pyrrole nitrogens is 1. The molecule has 6 nitrogen and oxygen atoms in total. The fraction of sp³-hybridized carbons (Fsp3) is 0.176. The Morgan fingerprint density at radius 1 is 1.13 bits per heavy atom. The third-order valence-corrected chi connectivity index (χ3v) is 3.68. The van der Waals surface area contributed by atoms with Crippen LogP contribution in [-0.4, -0.2) is 37.1 Å². The van der Waals surface area contributed by atoms with Gasteiger partial charge in [0.1, 0.15) is 11.4 Å². The van der Waals surface area contributed by atoms with E-state index in [1.807, 2.05) is 24.3 Å². The predicted molar refractivity (Wildman–Crippen MR) is 88.4 cm³/mol. The second-order valence-electron chi connectivity index (χ2n) is 5.06. The fourth-order valence-corrected chi connectivity index (χ4v) is 2.34. The average molecular weight is 311 g/mol. The quantitative estimate of drug-likeness (QED) is 0.804. The van der Waals surface area contributed by atoms with Gasteiger partial charge >= 0.3 is 0 Å². The topological polar surface area (TPSA) is 67.4 Å². The Morgan fingerprint density at radius 2 is 1.96 bits per heavy atom. The zero-order valence-corrected chi connectivity index (χ0v) is 13.2. The molecular formula is C17H17N3O3. The highest BCUT2D eigenvalue weighted by Gasteiger charge is 2.16. The number of hydrogen-bond donors (Lipinski definition) is 1. The number of fused-ring (bicyclic) bond motifs is 1. The van der Waals surface area contributed by atoms with Gasteiger partial charge < -0.3 is 19.4 Å². The molecule has 23 heavy (non-hydrogen) atoms. The van der Waals surface area contributed by atoms with Gasteiger partial charge in [-0.1, -0.05) is 0 Å². The lowest BCUT2D eigenvalue weighted by Crippen LogP contribution is -2.26. The van der Waals surface area contributed by atoms with Crippen molar-refractivity contribution in [2.45, 2.75) is 0 Å². The maximum atomic E-state index is 12.6. The molecule has 0 bridgehead atoms. The van der Waals surface area contributed by atoms with E-state index in [2.05, 4.69) is 9.97 Å². The van der Waals surface area contributed by atoms with Gasteiger partial charge in [-0.05, 0) is 24.3 Å². The van der Waals surface area contributed by atoms with Crippen LogP contribution in [0.5, 0.6) is 11.6 Å². The molecule has 0 atom stereocenters. The number of carbonyl (C=O) groups is 1. The fourth-order valence-electron chi connectivity index (χ4n) is 2.34. The van der Waals surface area contributed by atoms with Gasteiger partial charge in [-0.25, -0.2) is 4.98 Å². The number of rotatable bonds is 4. The van der Waals surface area contributed by atoms with E-state index in [9.17, 15) is 4.79 Å². The third kappa shape index (κ3) is 2.83. The Bertz CT molecular complexity index is 840. The normalized spacial score (nSPS) is 10.6. The first-order valence-corrected chi connectivity index (χ1v) is 7.07. The van der Waals surface area contributed by atoms with Gasteiger partial charge in [0.25, 0.3) is 5.91 Å². The highest BCUT2D eigenvalue weighted by Crippen LogP contribution is 2.23. The van der Waals surface area contributed by atoms with Crippen LogP contribution in [0, 0.1) is 0 Å². The number of aromatic amines is 1. The number of ether oxygens (including phenoxy) is 2. The van der Waals surface area contributed by atoms with Crippen LogP contribution in [0.15, 0.2) is 42.6 Å². The summed E-state index contributed by atoms with van der Waals surface area (Å²) >= 11 is 0. The smallest absolute Gasteiger partial charge is 0.274 e. The summed E-state index contributed by atoms with van der Waals surface area (Å²) in [7, 11) is 4.87. The number of methoxy groups -OCH3 is 2. The number of aromatic nitrogens is 2.